The van der Waals surface area contributed by atoms with Gasteiger partial charge in [-0.2, -0.15) is 0 Å². The normalized spacial score (nSPS) is 17.2. The smallest absolute Gasteiger partial charge is 0.220 e. The van der Waals surface area contributed by atoms with Crippen molar-refractivity contribution in [3.8, 4) is 5.69 Å². The van der Waals surface area contributed by atoms with Gasteiger partial charge in [0, 0.05) is 28.6 Å². The Morgan fingerprint density at radius 2 is 1.73 bits per heavy atom. The highest BCUT2D eigenvalue weighted by atomic mass is 16.1. The molecule has 3 rings (SSSR count). The fourth-order valence-electron chi connectivity index (χ4n) is 3.95. The fourth-order valence-corrected chi connectivity index (χ4v) is 3.95. The molecule has 0 radical (unpaired) electrons. The number of Topliss-reactive ketones (excluding diaryl/α,β-unsaturated/α-hetero) is 1. The van der Waals surface area contributed by atoms with Crippen molar-refractivity contribution in [2.24, 2.45) is 11.7 Å². The number of piperidine rings is 1. The van der Waals surface area contributed by atoms with Crippen molar-refractivity contribution in [2.45, 2.75) is 39.7 Å². The zero-order chi connectivity index (χ0) is 18.8. The van der Waals surface area contributed by atoms with E-state index in [0.717, 1.165) is 48.6 Å². The Kier molecular flexibility index (Phi) is 5.28. The molecule has 0 saturated carbocycles. The summed E-state index contributed by atoms with van der Waals surface area (Å²) in [6.45, 7) is 7.45. The van der Waals surface area contributed by atoms with Crippen molar-refractivity contribution >= 4 is 11.7 Å². The lowest BCUT2D eigenvalue weighted by Gasteiger charge is -2.34. The van der Waals surface area contributed by atoms with Crippen LogP contribution in [0.3, 0.4) is 0 Å². The van der Waals surface area contributed by atoms with Crippen LogP contribution in [0.1, 0.15) is 41.5 Å². The summed E-state index contributed by atoms with van der Waals surface area (Å²) in [5, 5.41) is 0. The fraction of sp³-hybridized carbons (Fsp3) is 0.429. The summed E-state index contributed by atoms with van der Waals surface area (Å²) >= 11 is 0. The number of amides is 1. The predicted molar refractivity (Wildman–Crippen MR) is 103 cm³/mol. The topological polar surface area (TPSA) is 68.3 Å². The summed E-state index contributed by atoms with van der Waals surface area (Å²) in [7, 11) is 0. The van der Waals surface area contributed by atoms with Crippen LogP contribution in [0.2, 0.25) is 0 Å². The van der Waals surface area contributed by atoms with E-state index in [2.05, 4.69) is 9.47 Å². The van der Waals surface area contributed by atoms with Crippen LogP contribution >= 0.6 is 0 Å². The van der Waals surface area contributed by atoms with E-state index in [0.29, 0.717) is 0 Å². The molecule has 1 aliphatic heterocycles. The Morgan fingerprint density at radius 3 is 2.31 bits per heavy atom. The van der Waals surface area contributed by atoms with E-state index in [-0.39, 0.29) is 23.7 Å². The van der Waals surface area contributed by atoms with Gasteiger partial charge >= 0.3 is 0 Å². The molecule has 1 fully saturated rings. The summed E-state index contributed by atoms with van der Waals surface area (Å²) in [6, 6.07) is 11.9. The summed E-state index contributed by atoms with van der Waals surface area (Å²) in [5.74, 6) is -0.149. The van der Waals surface area contributed by atoms with Gasteiger partial charge in [-0.15, -0.1) is 0 Å². The minimum absolute atomic E-state index is 0.0586. The molecule has 1 aromatic carbocycles. The molecular formula is C21H27N3O2. The molecule has 0 aliphatic carbocycles. The molecule has 2 aromatic rings. The SMILES string of the molecule is Cc1cc(C(=O)[C@@H](C)N2CCC(C(N)=O)CC2)c(C)n1-c1ccccc1. The van der Waals surface area contributed by atoms with E-state index in [1.807, 2.05) is 57.2 Å². The number of carbonyl (C=O) groups is 2. The van der Waals surface area contributed by atoms with E-state index in [9.17, 15) is 9.59 Å². The van der Waals surface area contributed by atoms with Gasteiger partial charge in [0.25, 0.3) is 0 Å². The standard InChI is InChI=1S/C21H27N3O2/c1-14-13-19(15(2)24(14)18-7-5-4-6-8-18)20(25)16(3)23-11-9-17(10-12-23)21(22)26/h4-8,13,16-17H,9-12H2,1-3H3,(H2,22,26)/t16-/m1/s1. The first kappa shape index (κ1) is 18.4. The first-order valence-electron chi connectivity index (χ1n) is 9.22. The molecule has 26 heavy (non-hydrogen) atoms. The first-order chi connectivity index (χ1) is 12.4. The molecule has 5 nitrogen and oxygen atoms in total. The van der Waals surface area contributed by atoms with E-state index in [1.165, 1.54) is 0 Å². The number of likely N-dealkylation sites (tertiary alicyclic amines) is 1. The maximum Gasteiger partial charge on any atom is 0.220 e. The number of carbonyl (C=O) groups excluding carboxylic acids is 2. The highest BCUT2D eigenvalue weighted by Gasteiger charge is 2.30. The van der Waals surface area contributed by atoms with Crippen LogP contribution in [0.25, 0.3) is 5.69 Å². The minimum atomic E-state index is -0.227. The molecule has 2 heterocycles. The number of primary amides is 1. The number of para-hydroxylation sites is 1. The summed E-state index contributed by atoms with van der Waals surface area (Å²) in [4.78, 5) is 26.6. The number of benzene rings is 1. The largest absolute Gasteiger partial charge is 0.369 e. The van der Waals surface area contributed by atoms with E-state index < -0.39 is 0 Å². The minimum Gasteiger partial charge on any atom is -0.369 e. The maximum absolute atomic E-state index is 13.1. The summed E-state index contributed by atoms with van der Waals surface area (Å²) < 4.78 is 2.12. The number of ketones is 1. The molecule has 138 valence electrons. The van der Waals surface area contributed by atoms with Gasteiger partial charge in [-0.1, -0.05) is 18.2 Å². The number of hydrogen-bond donors (Lipinski definition) is 1. The van der Waals surface area contributed by atoms with E-state index in [4.69, 9.17) is 5.73 Å². The molecule has 1 atom stereocenters. The van der Waals surface area contributed by atoms with Crippen LogP contribution in [-0.4, -0.2) is 40.3 Å². The molecule has 0 spiro atoms. The van der Waals surface area contributed by atoms with Crippen LogP contribution in [0.4, 0.5) is 0 Å². The first-order valence-corrected chi connectivity index (χ1v) is 9.22. The average molecular weight is 353 g/mol. The lowest BCUT2D eigenvalue weighted by molar-refractivity contribution is -0.123. The number of aryl methyl sites for hydroxylation is 1. The van der Waals surface area contributed by atoms with Crippen LogP contribution in [0.15, 0.2) is 36.4 Å². The van der Waals surface area contributed by atoms with Crippen LogP contribution in [-0.2, 0) is 4.79 Å². The van der Waals surface area contributed by atoms with Crippen molar-refractivity contribution < 1.29 is 9.59 Å². The van der Waals surface area contributed by atoms with Gasteiger partial charge < -0.3 is 10.3 Å². The number of aromatic nitrogens is 1. The second-order valence-electron chi connectivity index (χ2n) is 7.21. The van der Waals surface area contributed by atoms with Crippen LogP contribution in [0, 0.1) is 19.8 Å². The number of nitrogens with zero attached hydrogens (tertiary/aromatic N) is 2. The molecule has 0 bridgehead atoms. The third-order valence-corrected chi connectivity index (χ3v) is 5.57. The Bertz CT molecular complexity index is 802. The quantitative estimate of drug-likeness (QED) is 0.841. The molecule has 1 aliphatic rings. The van der Waals surface area contributed by atoms with Crippen molar-refractivity contribution in [2.75, 3.05) is 13.1 Å². The highest BCUT2D eigenvalue weighted by molar-refractivity contribution is 6.01. The van der Waals surface area contributed by atoms with Crippen molar-refractivity contribution in [1.82, 2.24) is 9.47 Å². The molecular weight excluding hydrogens is 326 g/mol. The van der Waals surface area contributed by atoms with E-state index in [1.54, 1.807) is 0 Å². The lowest BCUT2D eigenvalue weighted by atomic mass is 9.94. The van der Waals surface area contributed by atoms with Gasteiger partial charge in [0.1, 0.15) is 0 Å². The Balaban J connectivity index is 1.79. The lowest BCUT2D eigenvalue weighted by Crippen LogP contribution is -2.46. The van der Waals surface area contributed by atoms with Gasteiger partial charge in [-0.05, 0) is 64.9 Å². The van der Waals surface area contributed by atoms with Crippen molar-refractivity contribution in [3.63, 3.8) is 0 Å². The molecule has 1 aromatic heterocycles. The second kappa shape index (κ2) is 7.46. The van der Waals surface area contributed by atoms with Gasteiger partial charge in [0.15, 0.2) is 5.78 Å². The monoisotopic (exact) mass is 353 g/mol. The van der Waals surface area contributed by atoms with Gasteiger partial charge in [0.05, 0.1) is 6.04 Å². The summed E-state index contributed by atoms with van der Waals surface area (Å²) in [5.41, 5.74) is 9.27. The Hall–Kier alpha value is -2.40. The van der Waals surface area contributed by atoms with Crippen molar-refractivity contribution in [1.29, 1.82) is 0 Å². The molecule has 2 N–H and O–H groups in total. The Morgan fingerprint density at radius 1 is 1.12 bits per heavy atom. The predicted octanol–water partition coefficient (Wildman–Crippen LogP) is 2.86. The molecule has 1 amide bonds. The third-order valence-electron chi connectivity index (χ3n) is 5.57. The number of nitrogens with two attached hydrogens (primary N) is 1. The number of rotatable bonds is 5. The molecule has 1 saturated heterocycles. The van der Waals surface area contributed by atoms with Crippen LogP contribution in [0.5, 0.6) is 0 Å². The average Bonchev–Trinajstić information content (AvgIpc) is 2.95. The van der Waals surface area contributed by atoms with Gasteiger partial charge in [0.2, 0.25) is 5.91 Å². The maximum atomic E-state index is 13.1. The Labute approximate surface area is 154 Å². The van der Waals surface area contributed by atoms with Gasteiger partial charge in [-0.3, -0.25) is 14.5 Å². The molecule has 0 unspecified atom stereocenters. The zero-order valence-corrected chi connectivity index (χ0v) is 15.7. The number of hydrogen-bond acceptors (Lipinski definition) is 3. The third kappa shape index (κ3) is 3.44. The zero-order valence-electron chi connectivity index (χ0n) is 15.7. The van der Waals surface area contributed by atoms with Gasteiger partial charge in [-0.25, -0.2) is 0 Å². The van der Waals surface area contributed by atoms with Crippen molar-refractivity contribution in [3.05, 3.63) is 53.3 Å². The molecule has 5 heteroatoms. The highest BCUT2D eigenvalue weighted by Crippen LogP contribution is 2.25. The second-order valence-corrected chi connectivity index (χ2v) is 7.21. The van der Waals surface area contributed by atoms with Crippen LogP contribution < -0.4 is 5.73 Å². The van der Waals surface area contributed by atoms with E-state index >= 15 is 0 Å². The summed E-state index contributed by atoms with van der Waals surface area (Å²) in [6.07, 6.45) is 1.46.